The van der Waals surface area contributed by atoms with Gasteiger partial charge in [-0.1, -0.05) is 36.1 Å². The number of hydrogen-bond acceptors (Lipinski definition) is 6. The van der Waals surface area contributed by atoms with Crippen LogP contribution in [-0.4, -0.2) is 36.3 Å². The monoisotopic (exact) mass is 368 g/mol. The van der Waals surface area contributed by atoms with Gasteiger partial charge in [0.15, 0.2) is 0 Å². The second kappa shape index (κ2) is 7.72. The second-order valence-electron chi connectivity index (χ2n) is 6.42. The number of nitrogens with one attached hydrogen (secondary N) is 2. The van der Waals surface area contributed by atoms with Gasteiger partial charge < -0.3 is 20.1 Å². The lowest BCUT2D eigenvalue weighted by Gasteiger charge is -2.36. The third kappa shape index (κ3) is 4.62. The van der Waals surface area contributed by atoms with E-state index < -0.39 is 5.97 Å². The highest BCUT2D eigenvalue weighted by Crippen LogP contribution is 2.41. The fraction of sp³-hybridized carbons (Fsp3) is 0.529. The molecule has 0 aromatic heterocycles. The van der Waals surface area contributed by atoms with Gasteiger partial charge in [-0.3, -0.25) is 0 Å². The van der Waals surface area contributed by atoms with Crippen molar-refractivity contribution < 1.29 is 14.3 Å². The summed E-state index contributed by atoms with van der Waals surface area (Å²) in [4.78, 5) is 14.6. The minimum Gasteiger partial charge on any atom is -0.461 e. The number of carbonyl (C=O) groups excluding carboxylic acids is 1. The average molecular weight is 369 g/mol. The minimum absolute atomic E-state index is 0.262. The average Bonchev–Trinajstić information content (AvgIpc) is 2.50. The van der Waals surface area contributed by atoms with Crippen LogP contribution in [0.4, 0.5) is 0 Å². The van der Waals surface area contributed by atoms with Gasteiger partial charge in [0.1, 0.15) is 10.7 Å². The first-order valence-electron chi connectivity index (χ1n) is 7.88. The van der Waals surface area contributed by atoms with E-state index in [9.17, 15) is 4.79 Å². The van der Waals surface area contributed by atoms with Crippen LogP contribution < -0.4 is 10.6 Å². The molecule has 0 atom stereocenters. The number of ether oxygens (including phenoxy) is 2. The maximum absolute atomic E-state index is 12.4. The van der Waals surface area contributed by atoms with Crippen LogP contribution in [0.25, 0.3) is 0 Å². The highest BCUT2D eigenvalue weighted by molar-refractivity contribution is 8.08. The highest BCUT2D eigenvalue weighted by Gasteiger charge is 2.35. The lowest BCUT2D eigenvalue weighted by molar-refractivity contribution is -0.138. The Morgan fingerprint density at radius 1 is 1.54 bits per heavy atom. The topological polar surface area (TPSA) is 59.6 Å². The Morgan fingerprint density at radius 2 is 2.25 bits per heavy atom. The molecule has 0 bridgehead atoms. The van der Waals surface area contributed by atoms with Crippen LogP contribution >= 0.6 is 24.0 Å². The number of carbonyl (C=O) groups is 1. The molecule has 2 rings (SSSR count). The summed E-state index contributed by atoms with van der Waals surface area (Å²) in [5, 5.41) is 6.38. The first kappa shape index (κ1) is 19.0. The van der Waals surface area contributed by atoms with Gasteiger partial charge in [0, 0.05) is 23.6 Å². The summed E-state index contributed by atoms with van der Waals surface area (Å²) in [6.45, 7) is 13.0. The molecule has 0 radical (unpaired) electrons. The van der Waals surface area contributed by atoms with Gasteiger partial charge in [0.2, 0.25) is 0 Å². The van der Waals surface area contributed by atoms with Crippen LogP contribution in [-0.2, 0) is 14.3 Å². The molecular formula is C17H24N2O3S2. The Balaban J connectivity index is 2.27. The Kier molecular flexibility index (Phi) is 6.11. The fourth-order valence-electron chi connectivity index (χ4n) is 2.33. The molecule has 0 spiro atoms. The van der Waals surface area contributed by atoms with E-state index in [1.165, 1.54) is 11.8 Å². The Bertz CT molecular complexity index is 636. The Hall–Kier alpha value is -1.31. The van der Waals surface area contributed by atoms with E-state index in [1.54, 1.807) is 6.92 Å². The maximum Gasteiger partial charge on any atom is 0.356 e. The van der Waals surface area contributed by atoms with Crippen molar-refractivity contribution in [2.24, 2.45) is 0 Å². The summed E-state index contributed by atoms with van der Waals surface area (Å²) in [6.07, 6.45) is 0.706. The number of esters is 1. The van der Waals surface area contributed by atoms with Crippen LogP contribution in [0.3, 0.4) is 0 Å². The largest absolute Gasteiger partial charge is 0.461 e. The third-order valence-electron chi connectivity index (χ3n) is 3.50. The van der Waals surface area contributed by atoms with Gasteiger partial charge in [-0.25, -0.2) is 4.79 Å². The maximum atomic E-state index is 12.4. The van der Waals surface area contributed by atoms with Gasteiger partial charge in [-0.15, -0.1) is 0 Å². The molecule has 2 N–H and O–H groups in total. The van der Waals surface area contributed by atoms with E-state index >= 15 is 0 Å². The van der Waals surface area contributed by atoms with E-state index in [0.29, 0.717) is 41.8 Å². The van der Waals surface area contributed by atoms with Crippen molar-refractivity contribution in [3.05, 3.63) is 33.4 Å². The molecule has 5 nitrogen and oxygen atoms in total. The van der Waals surface area contributed by atoms with Gasteiger partial charge in [-0.05, 0) is 27.7 Å². The van der Waals surface area contributed by atoms with E-state index in [0.717, 1.165) is 16.2 Å². The number of hydrogen-bond donors (Lipinski definition) is 2. The summed E-state index contributed by atoms with van der Waals surface area (Å²) >= 11 is 6.95. The molecular weight excluding hydrogens is 344 g/mol. The molecule has 0 aromatic carbocycles. The Morgan fingerprint density at radius 3 is 2.88 bits per heavy atom. The van der Waals surface area contributed by atoms with Gasteiger partial charge in [0.05, 0.1) is 23.7 Å². The highest BCUT2D eigenvalue weighted by atomic mass is 32.2. The molecule has 2 heterocycles. The number of rotatable bonds is 5. The van der Waals surface area contributed by atoms with E-state index in [2.05, 4.69) is 17.2 Å². The van der Waals surface area contributed by atoms with Crippen molar-refractivity contribution in [1.82, 2.24) is 10.6 Å². The van der Waals surface area contributed by atoms with Crippen molar-refractivity contribution in [2.45, 2.75) is 39.7 Å². The molecule has 0 aromatic rings. The first-order chi connectivity index (χ1) is 11.2. The normalized spacial score (nSPS) is 19.3. The van der Waals surface area contributed by atoms with Crippen molar-refractivity contribution in [2.75, 3.05) is 19.8 Å². The van der Waals surface area contributed by atoms with Crippen LogP contribution in [0, 0.1) is 0 Å². The molecule has 0 unspecified atom stereocenters. The summed E-state index contributed by atoms with van der Waals surface area (Å²) in [6, 6.07) is 0. The lowest BCUT2D eigenvalue weighted by Crippen LogP contribution is -2.39. The predicted octanol–water partition coefficient (Wildman–Crippen LogP) is 3.00. The summed E-state index contributed by atoms with van der Waals surface area (Å²) < 4.78 is 11.1. The van der Waals surface area contributed by atoms with E-state index in [4.69, 9.17) is 21.7 Å². The molecule has 0 saturated heterocycles. The van der Waals surface area contributed by atoms with Crippen molar-refractivity contribution >= 4 is 34.9 Å². The van der Waals surface area contributed by atoms with Crippen LogP contribution in [0.1, 0.15) is 34.1 Å². The number of thioether (sulfide) groups is 1. The zero-order valence-corrected chi connectivity index (χ0v) is 16.2. The predicted molar refractivity (Wildman–Crippen MR) is 101 cm³/mol. The Labute approximate surface area is 152 Å². The number of thiocarbonyl (C=S) groups is 1. The second-order valence-corrected chi connectivity index (χ2v) is 7.93. The molecule has 2 aliphatic rings. The van der Waals surface area contributed by atoms with Gasteiger partial charge in [0.25, 0.3) is 0 Å². The quantitative estimate of drug-likeness (QED) is 0.439. The molecule has 7 heteroatoms. The molecule has 0 saturated carbocycles. The third-order valence-corrected chi connectivity index (χ3v) is 5.20. The molecule has 0 fully saturated rings. The smallest absolute Gasteiger partial charge is 0.356 e. The zero-order chi connectivity index (χ0) is 17.9. The SMILES string of the molecule is C=C(C)CNC(=S)C1=C(C(=O)OCC)NC2=C(COC(C)(C)C2)S1. The van der Waals surface area contributed by atoms with Crippen molar-refractivity contribution in [3.8, 4) is 0 Å². The molecule has 0 aliphatic carbocycles. The van der Waals surface area contributed by atoms with Gasteiger partial charge in [-0.2, -0.15) is 0 Å². The fourth-order valence-corrected chi connectivity index (χ4v) is 3.64. The van der Waals surface area contributed by atoms with Crippen LogP contribution in [0.5, 0.6) is 0 Å². The minimum atomic E-state index is -0.393. The zero-order valence-electron chi connectivity index (χ0n) is 14.6. The molecule has 2 aliphatic heterocycles. The van der Waals surface area contributed by atoms with Crippen LogP contribution in [0.2, 0.25) is 0 Å². The summed E-state index contributed by atoms with van der Waals surface area (Å²) in [5.74, 6) is -0.393. The van der Waals surface area contributed by atoms with E-state index in [-0.39, 0.29) is 5.60 Å². The summed E-state index contributed by atoms with van der Waals surface area (Å²) in [7, 11) is 0. The first-order valence-corrected chi connectivity index (χ1v) is 9.11. The van der Waals surface area contributed by atoms with Crippen molar-refractivity contribution in [3.63, 3.8) is 0 Å². The molecule has 0 amide bonds. The summed E-state index contributed by atoms with van der Waals surface area (Å²) in [5.41, 5.74) is 2.11. The lowest BCUT2D eigenvalue weighted by atomic mass is 9.99. The van der Waals surface area contributed by atoms with E-state index in [1.807, 2.05) is 20.8 Å². The molecule has 132 valence electrons. The molecule has 24 heavy (non-hydrogen) atoms. The van der Waals surface area contributed by atoms with Gasteiger partial charge >= 0.3 is 5.97 Å². The van der Waals surface area contributed by atoms with Crippen LogP contribution in [0.15, 0.2) is 33.4 Å². The standard InChI is InChI=1S/C17H24N2O3S2/c1-6-21-16(20)13-14(15(23)18-8-10(2)3)24-12-9-22-17(4,5)7-11(12)19-13/h19H,2,6-9H2,1,3-5H3,(H,18,23). The van der Waals surface area contributed by atoms with Crippen molar-refractivity contribution in [1.29, 1.82) is 0 Å².